The number of nitrogens with one attached hydrogen (secondary N) is 1. The normalized spacial score (nSPS) is 26.5. The molecule has 9 heteroatoms. The molecule has 2 atom stereocenters. The molecule has 0 unspecified atom stereocenters. The molecule has 0 aromatic carbocycles. The van der Waals surface area contributed by atoms with Gasteiger partial charge in [0.2, 0.25) is 0 Å². The van der Waals surface area contributed by atoms with E-state index in [-0.39, 0.29) is 11.7 Å². The average molecular weight is 304 g/mol. The highest BCUT2D eigenvalue weighted by Gasteiger charge is 2.44. The molecule has 3 heterocycles. The molecule has 0 radical (unpaired) electrons. The van der Waals surface area contributed by atoms with Crippen molar-refractivity contribution in [2.75, 3.05) is 24.7 Å². The number of aromatic nitrogens is 2. The lowest BCUT2D eigenvalue weighted by atomic mass is 10.2. The Morgan fingerprint density at radius 2 is 2.24 bits per heavy atom. The van der Waals surface area contributed by atoms with Crippen LogP contribution in [-0.2, 0) is 11.3 Å². The summed E-state index contributed by atoms with van der Waals surface area (Å²) in [6.45, 7) is 3.20. The summed E-state index contributed by atoms with van der Waals surface area (Å²) in [4.78, 5) is 13.7. The first-order chi connectivity index (χ1) is 9.86. The Labute approximate surface area is 118 Å². The van der Waals surface area contributed by atoms with E-state index in [9.17, 15) is 18.0 Å². The van der Waals surface area contributed by atoms with E-state index in [2.05, 4.69) is 5.10 Å². The Morgan fingerprint density at radius 1 is 1.48 bits per heavy atom. The van der Waals surface area contributed by atoms with Crippen molar-refractivity contribution in [3.05, 3.63) is 11.8 Å². The molecule has 2 aliphatic heterocycles. The van der Waals surface area contributed by atoms with Crippen molar-refractivity contribution in [3.8, 4) is 0 Å². The van der Waals surface area contributed by atoms with Crippen molar-refractivity contribution in [1.82, 2.24) is 15.1 Å². The van der Waals surface area contributed by atoms with Gasteiger partial charge in [-0.1, -0.05) is 0 Å². The minimum Gasteiger partial charge on any atom is -0.377 e. The summed E-state index contributed by atoms with van der Waals surface area (Å²) in [5.74, 6) is -0.234. The zero-order valence-electron chi connectivity index (χ0n) is 11.4. The van der Waals surface area contributed by atoms with E-state index in [4.69, 9.17) is 4.74 Å². The fraction of sp³-hybridized carbons (Fsp3) is 0.667. The van der Waals surface area contributed by atoms with Crippen molar-refractivity contribution >= 4 is 11.7 Å². The van der Waals surface area contributed by atoms with Crippen LogP contribution in [0.1, 0.15) is 17.4 Å². The minimum absolute atomic E-state index is 0.0668. The molecule has 1 fully saturated rings. The molecular formula is C12H15F3N4O2. The number of hydrogen-bond acceptors (Lipinski definition) is 4. The number of hydrogen-bond donors (Lipinski definition) is 1. The molecule has 3 rings (SSSR count). The summed E-state index contributed by atoms with van der Waals surface area (Å²) in [5.41, 5.74) is 0.157. The lowest BCUT2D eigenvalue weighted by Crippen LogP contribution is -2.52. The highest BCUT2D eigenvalue weighted by molar-refractivity contribution is 5.94. The van der Waals surface area contributed by atoms with Crippen molar-refractivity contribution in [2.45, 2.75) is 31.7 Å². The second-order valence-electron chi connectivity index (χ2n) is 5.25. The van der Waals surface area contributed by atoms with Gasteiger partial charge >= 0.3 is 6.18 Å². The molecular weight excluding hydrogens is 289 g/mol. The topological polar surface area (TPSA) is 59.4 Å². The van der Waals surface area contributed by atoms with Crippen LogP contribution in [0.25, 0.3) is 0 Å². The fourth-order valence-corrected chi connectivity index (χ4v) is 2.57. The van der Waals surface area contributed by atoms with Gasteiger partial charge in [-0.15, -0.1) is 0 Å². The summed E-state index contributed by atoms with van der Waals surface area (Å²) in [6.07, 6.45) is -4.48. The van der Waals surface area contributed by atoms with E-state index in [0.29, 0.717) is 25.6 Å². The lowest BCUT2D eigenvalue weighted by Gasteiger charge is -2.33. The molecule has 1 aromatic rings. The lowest BCUT2D eigenvalue weighted by molar-refractivity contribution is -0.158. The number of fused-ring (bicyclic) bond motifs is 1. The highest BCUT2D eigenvalue weighted by atomic mass is 19.4. The predicted octanol–water partition coefficient (Wildman–Crippen LogP) is 0.782. The molecule has 21 heavy (non-hydrogen) atoms. The number of morpholine rings is 1. The Kier molecular flexibility index (Phi) is 3.31. The van der Waals surface area contributed by atoms with Crippen LogP contribution in [0.15, 0.2) is 6.07 Å². The summed E-state index contributed by atoms with van der Waals surface area (Å²) in [6, 6.07) is -0.298. The van der Waals surface area contributed by atoms with Gasteiger partial charge in [0.15, 0.2) is 5.82 Å². The van der Waals surface area contributed by atoms with Gasteiger partial charge in [-0.3, -0.25) is 9.48 Å². The number of amides is 1. The Hall–Kier alpha value is -1.77. The van der Waals surface area contributed by atoms with Gasteiger partial charge < -0.3 is 15.0 Å². The summed E-state index contributed by atoms with van der Waals surface area (Å²) in [5, 5.41) is 6.14. The van der Waals surface area contributed by atoms with E-state index >= 15 is 0 Å². The number of carbonyl (C=O) groups excluding carboxylic acids is 1. The quantitative estimate of drug-likeness (QED) is 0.833. The zero-order valence-corrected chi connectivity index (χ0v) is 11.4. The largest absolute Gasteiger partial charge is 0.410 e. The van der Waals surface area contributed by atoms with Crippen LogP contribution < -0.4 is 10.2 Å². The molecule has 0 spiro atoms. The number of carbonyl (C=O) groups is 1. The third-order valence-corrected chi connectivity index (χ3v) is 3.72. The molecule has 0 aliphatic carbocycles. The van der Waals surface area contributed by atoms with Crippen molar-refractivity contribution < 1.29 is 22.7 Å². The number of rotatable bonds is 1. The van der Waals surface area contributed by atoms with E-state index in [1.54, 1.807) is 0 Å². The number of halogens is 3. The Morgan fingerprint density at radius 3 is 2.90 bits per heavy atom. The smallest absolute Gasteiger partial charge is 0.377 e. The van der Waals surface area contributed by atoms with Crippen LogP contribution >= 0.6 is 0 Å². The van der Waals surface area contributed by atoms with Crippen LogP contribution in [0.4, 0.5) is 19.0 Å². The monoisotopic (exact) mass is 304 g/mol. The number of nitrogens with zero attached hydrogens (tertiary/aromatic N) is 3. The van der Waals surface area contributed by atoms with E-state index in [0.717, 1.165) is 4.68 Å². The number of anilines is 1. The number of alkyl halides is 3. The van der Waals surface area contributed by atoms with Gasteiger partial charge in [-0.2, -0.15) is 18.3 Å². The third-order valence-electron chi connectivity index (χ3n) is 3.72. The van der Waals surface area contributed by atoms with Gasteiger partial charge in [0.25, 0.3) is 5.91 Å². The molecule has 6 nitrogen and oxygen atoms in total. The van der Waals surface area contributed by atoms with E-state index < -0.39 is 24.7 Å². The van der Waals surface area contributed by atoms with Crippen LogP contribution in [0.5, 0.6) is 0 Å². The van der Waals surface area contributed by atoms with Gasteiger partial charge in [-0.05, 0) is 6.92 Å². The molecule has 116 valence electrons. The van der Waals surface area contributed by atoms with E-state index in [1.807, 2.05) is 17.1 Å². The molecule has 1 aromatic heterocycles. The van der Waals surface area contributed by atoms with Crippen LogP contribution in [0.3, 0.4) is 0 Å². The van der Waals surface area contributed by atoms with E-state index in [1.165, 1.54) is 6.07 Å². The second-order valence-corrected chi connectivity index (χ2v) is 5.25. The molecule has 1 amide bonds. The van der Waals surface area contributed by atoms with Gasteiger partial charge in [-0.25, -0.2) is 0 Å². The first-order valence-corrected chi connectivity index (χ1v) is 6.66. The Balaban J connectivity index is 1.87. The van der Waals surface area contributed by atoms with Gasteiger partial charge in [0.05, 0.1) is 25.8 Å². The predicted molar refractivity (Wildman–Crippen MR) is 67.2 cm³/mol. The van der Waals surface area contributed by atoms with Crippen molar-refractivity contribution in [1.29, 1.82) is 0 Å². The number of ether oxygens (including phenoxy) is 1. The summed E-state index contributed by atoms with van der Waals surface area (Å²) < 4.78 is 44.7. The van der Waals surface area contributed by atoms with Crippen LogP contribution in [0.2, 0.25) is 0 Å². The SMILES string of the molecule is C[C@@H]1COCCN1c1cc2n(n1)C[C@H](C(F)(F)F)NC2=O. The average Bonchev–Trinajstić information content (AvgIpc) is 2.82. The maximum Gasteiger partial charge on any atom is 0.410 e. The van der Waals surface area contributed by atoms with Gasteiger partial charge in [0.1, 0.15) is 11.7 Å². The molecule has 2 aliphatic rings. The van der Waals surface area contributed by atoms with Crippen LogP contribution in [-0.4, -0.2) is 53.7 Å². The van der Waals surface area contributed by atoms with Crippen molar-refractivity contribution in [2.24, 2.45) is 0 Å². The summed E-state index contributed by atoms with van der Waals surface area (Å²) >= 11 is 0. The Bertz CT molecular complexity index is 557. The first kappa shape index (κ1) is 14.2. The summed E-state index contributed by atoms with van der Waals surface area (Å²) in [7, 11) is 0. The maximum atomic E-state index is 12.7. The fourth-order valence-electron chi connectivity index (χ4n) is 2.57. The molecule has 0 bridgehead atoms. The standard InChI is InChI=1S/C12H15F3N4O2/c1-7-6-21-3-2-18(7)10-4-8-11(20)16-9(12(13,14)15)5-19(8)17-10/h4,7,9H,2-3,5-6H2,1H3,(H,16,20)/t7-,9-/m1/s1. The third kappa shape index (κ3) is 2.57. The molecule has 1 saturated heterocycles. The van der Waals surface area contributed by atoms with Crippen molar-refractivity contribution in [3.63, 3.8) is 0 Å². The van der Waals surface area contributed by atoms with Crippen LogP contribution in [0, 0.1) is 0 Å². The highest BCUT2D eigenvalue weighted by Crippen LogP contribution is 2.27. The minimum atomic E-state index is -4.48. The van der Waals surface area contributed by atoms with Gasteiger partial charge in [0, 0.05) is 12.6 Å². The molecule has 0 saturated carbocycles. The zero-order chi connectivity index (χ0) is 15.2. The second kappa shape index (κ2) is 4.90. The maximum absolute atomic E-state index is 12.7. The molecule has 1 N–H and O–H groups in total. The first-order valence-electron chi connectivity index (χ1n) is 6.66.